The molecule has 1 aromatic rings. The molecule has 1 heterocycles. The van der Waals surface area contributed by atoms with Gasteiger partial charge in [-0.2, -0.15) is 0 Å². The molecule has 1 fully saturated rings. The summed E-state index contributed by atoms with van der Waals surface area (Å²) in [6.45, 7) is 2.05. The van der Waals surface area contributed by atoms with Crippen LogP contribution in [0.5, 0.6) is 0 Å². The van der Waals surface area contributed by atoms with Crippen molar-refractivity contribution in [3.05, 3.63) is 35.9 Å². The summed E-state index contributed by atoms with van der Waals surface area (Å²) in [7, 11) is 1.60. The molecule has 2 unspecified atom stereocenters. The first kappa shape index (κ1) is 15.0. The maximum Gasteiger partial charge on any atom is 0.230 e. The third-order valence-electron chi connectivity index (χ3n) is 3.79. The number of carbonyl (C=O) groups is 1. The molecule has 1 amide bonds. The van der Waals surface area contributed by atoms with Crippen LogP contribution in [0.2, 0.25) is 0 Å². The number of carbonyl (C=O) groups excluding carboxylic acids is 1. The van der Waals surface area contributed by atoms with Crippen molar-refractivity contribution in [2.24, 2.45) is 5.41 Å². The van der Waals surface area contributed by atoms with E-state index in [9.17, 15) is 9.90 Å². The molecule has 2 rings (SSSR count). The lowest BCUT2D eigenvalue weighted by atomic mass is 9.87. The zero-order valence-corrected chi connectivity index (χ0v) is 11.8. The Labute approximate surface area is 119 Å². The van der Waals surface area contributed by atoms with E-state index in [0.29, 0.717) is 13.2 Å². The van der Waals surface area contributed by atoms with Crippen LogP contribution in [0, 0.1) is 5.41 Å². The summed E-state index contributed by atoms with van der Waals surface area (Å²) >= 11 is 0. The molecule has 3 N–H and O–H groups in total. The lowest BCUT2D eigenvalue weighted by Gasteiger charge is -2.26. The van der Waals surface area contributed by atoms with Gasteiger partial charge in [0.05, 0.1) is 18.1 Å². The zero-order chi connectivity index (χ0) is 14.4. The van der Waals surface area contributed by atoms with Gasteiger partial charge >= 0.3 is 0 Å². The minimum absolute atomic E-state index is 0.0562. The van der Waals surface area contributed by atoms with E-state index in [-0.39, 0.29) is 12.5 Å². The number of rotatable bonds is 6. The van der Waals surface area contributed by atoms with Crippen molar-refractivity contribution in [3.63, 3.8) is 0 Å². The van der Waals surface area contributed by atoms with Gasteiger partial charge in [0.1, 0.15) is 0 Å². The molecule has 110 valence electrons. The maximum atomic E-state index is 12.4. The van der Waals surface area contributed by atoms with E-state index in [0.717, 1.165) is 18.5 Å². The molecule has 1 aliphatic heterocycles. The molecule has 2 atom stereocenters. The van der Waals surface area contributed by atoms with E-state index in [1.165, 1.54) is 0 Å². The number of amides is 1. The van der Waals surface area contributed by atoms with Crippen LogP contribution in [0.15, 0.2) is 30.3 Å². The Morgan fingerprint density at radius 2 is 2.25 bits per heavy atom. The van der Waals surface area contributed by atoms with E-state index in [4.69, 9.17) is 4.74 Å². The topological polar surface area (TPSA) is 70.6 Å². The number of aliphatic hydroxyl groups excluding tert-OH is 1. The van der Waals surface area contributed by atoms with Crippen molar-refractivity contribution < 1.29 is 14.6 Å². The Morgan fingerprint density at radius 3 is 2.85 bits per heavy atom. The summed E-state index contributed by atoms with van der Waals surface area (Å²) in [6, 6.07) is 9.33. The standard InChI is InChI=1S/C15H22N2O3/c1-20-11-15(7-8-16-10-15)14(19)17-9-13(18)12-5-3-2-4-6-12/h2-6,13,16,18H,7-11H2,1H3,(H,17,19). The van der Waals surface area contributed by atoms with Crippen LogP contribution in [0.4, 0.5) is 0 Å². The number of ether oxygens (including phenoxy) is 1. The van der Waals surface area contributed by atoms with E-state index >= 15 is 0 Å². The monoisotopic (exact) mass is 278 g/mol. The molecule has 5 heteroatoms. The molecule has 0 bridgehead atoms. The van der Waals surface area contributed by atoms with Gasteiger partial charge in [0.2, 0.25) is 5.91 Å². The number of benzene rings is 1. The fourth-order valence-electron chi connectivity index (χ4n) is 2.57. The van der Waals surface area contributed by atoms with Crippen molar-refractivity contribution in [2.45, 2.75) is 12.5 Å². The van der Waals surface area contributed by atoms with E-state index < -0.39 is 11.5 Å². The van der Waals surface area contributed by atoms with Crippen LogP contribution in [0.3, 0.4) is 0 Å². The third kappa shape index (κ3) is 3.36. The Morgan fingerprint density at radius 1 is 1.50 bits per heavy atom. The lowest BCUT2D eigenvalue weighted by molar-refractivity contribution is -0.133. The average Bonchev–Trinajstić information content (AvgIpc) is 2.95. The molecule has 0 spiro atoms. The van der Waals surface area contributed by atoms with Crippen LogP contribution >= 0.6 is 0 Å². The number of methoxy groups -OCH3 is 1. The van der Waals surface area contributed by atoms with E-state index in [1.54, 1.807) is 7.11 Å². The van der Waals surface area contributed by atoms with Gasteiger partial charge in [-0.15, -0.1) is 0 Å². The highest BCUT2D eigenvalue weighted by atomic mass is 16.5. The fraction of sp³-hybridized carbons (Fsp3) is 0.533. The molecule has 0 radical (unpaired) electrons. The van der Waals surface area contributed by atoms with Gasteiger partial charge in [-0.25, -0.2) is 0 Å². The molecule has 0 aromatic heterocycles. The van der Waals surface area contributed by atoms with E-state index in [1.807, 2.05) is 30.3 Å². The molecule has 20 heavy (non-hydrogen) atoms. The Balaban J connectivity index is 1.91. The molecular formula is C15H22N2O3. The van der Waals surface area contributed by atoms with Crippen molar-refractivity contribution in [1.29, 1.82) is 0 Å². The van der Waals surface area contributed by atoms with Gasteiger partial charge in [0.25, 0.3) is 0 Å². The van der Waals surface area contributed by atoms with Crippen molar-refractivity contribution >= 4 is 5.91 Å². The van der Waals surface area contributed by atoms with Gasteiger partial charge < -0.3 is 20.5 Å². The van der Waals surface area contributed by atoms with Crippen molar-refractivity contribution in [2.75, 3.05) is 33.4 Å². The van der Waals surface area contributed by atoms with Crippen molar-refractivity contribution in [1.82, 2.24) is 10.6 Å². The molecule has 5 nitrogen and oxygen atoms in total. The highest BCUT2D eigenvalue weighted by Crippen LogP contribution is 2.26. The summed E-state index contributed by atoms with van der Waals surface area (Å²) in [5.41, 5.74) is 0.295. The summed E-state index contributed by atoms with van der Waals surface area (Å²) in [6.07, 6.45) is 0.0720. The molecular weight excluding hydrogens is 256 g/mol. The number of nitrogens with one attached hydrogen (secondary N) is 2. The molecule has 0 aliphatic carbocycles. The second kappa shape index (κ2) is 6.83. The largest absolute Gasteiger partial charge is 0.387 e. The van der Waals surface area contributed by atoms with Gasteiger partial charge in [-0.3, -0.25) is 4.79 Å². The van der Waals surface area contributed by atoms with Gasteiger partial charge in [-0.05, 0) is 18.5 Å². The molecule has 0 saturated carbocycles. The highest BCUT2D eigenvalue weighted by Gasteiger charge is 2.41. The predicted molar refractivity (Wildman–Crippen MR) is 76.2 cm³/mol. The highest BCUT2D eigenvalue weighted by molar-refractivity contribution is 5.83. The Kier molecular flexibility index (Phi) is 5.11. The molecule has 1 aliphatic rings. The second-order valence-corrected chi connectivity index (χ2v) is 5.28. The first-order valence-electron chi connectivity index (χ1n) is 6.89. The summed E-state index contributed by atoms with van der Waals surface area (Å²) in [4.78, 5) is 12.4. The minimum atomic E-state index is -0.686. The van der Waals surface area contributed by atoms with Gasteiger partial charge in [0.15, 0.2) is 0 Å². The number of hydrogen-bond acceptors (Lipinski definition) is 4. The van der Waals surface area contributed by atoms with Crippen molar-refractivity contribution in [3.8, 4) is 0 Å². The quantitative estimate of drug-likeness (QED) is 0.707. The fourth-order valence-corrected chi connectivity index (χ4v) is 2.57. The predicted octanol–water partition coefficient (Wildman–Crippen LogP) is 0.462. The van der Waals surface area contributed by atoms with E-state index in [2.05, 4.69) is 10.6 Å². The molecule has 1 aromatic carbocycles. The van der Waals surface area contributed by atoms with Crippen LogP contribution in [-0.4, -0.2) is 44.4 Å². The van der Waals surface area contributed by atoms with Crippen LogP contribution < -0.4 is 10.6 Å². The van der Waals surface area contributed by atoms with Crippen LogP contribution in [0.1, 0.15) is 18.1 Å². The first-order chi connectivity index (χ1) is 9.68. The van der Waals surface area contributed by atoms with Gasteiger partial charge in [0, 0.05) is 20.2 Å². The minimum Gasteiger partial charge on any atom is -0.387 e. The Bertz CT molecular complexity index is 430. The molecule has 1 saturated heterocycles. The third-order valence-corrected chi connectivity index (χ3v) is 3.79. The van der Waals surface area contributed by atoms with Crippen LogP contribution in [-0.2, 0) is 9.53 Å². The summed E-state index contributed by atoms with van der Waals surface area (Å²) in [5, 5.41) is 16.1. The SMILES string of the molecule is COCC1(C(=O)NCC(O)c2ccccc2)CCNC1. The zero-order valence-electron chi connectivity index (χ0n) is 11.8. The second-order valence-electron chi connectivity index (χ2n) is 5.28. The van der Waals surface area contributed by atoms with Crippen LogP contribution in [0.25, 0.3) is 0 Å². The Hall–Kier alpha value is -1.43. The summed E-state index contributed by atoms with van der Waals surface area (Å²) in [5.74, 6) is -0.0562. The summed E-state index contributed by atoms with van der Waals surface area (Å²) < 4.78 is 5.18. The number of hydrogen-bond donors (Lipinski definition) is 3. The average molecular weight is 278 g/mol. The smallest absolute Gasteiger partial charge is 0.230 e. The van der Waals surface area contributed by atoms with Gasteiger partial charge in [-0.1, -0.05) is 30.3 Å². The first-order valence-corrected chi connectivity index (χ1v) is 6.89. The lowest BCUT2D eigenvalue weighted by Crippen LogP contribution is -2.46. The number of aliphatic hydroxyl groups is 1. The normalized spacial score (nSPS) is 23.5. The maximum absolute atomic E-state index is 12.4.